The summed E-state index contributed by atoms with van der Waals surface area (Å²) in [5.41, 5.74) is 2.66. The third-order valence-corrected chi connectivity index (χ3v) is 3.44. The van der Waals surface area contributed by atoms with Gasteiger partial charge in [-0.3, -0.25) is 0 Å². The van der Waals surface area contributed by atoms with E-state index in [-0.39, 0.29) is 5.41 Å². The van der Waals surface area contributed by atoms with Gasteiger partial charge in [-0.25, -0.2) is 5.90 Å². The smallest absolute Gasteiger partial charge is 0.122 e. The van der Waals surface area contributed by atoms with Gasteiger partial charge in [-0.1, -0.05) is 32.9 Å². The van der Waals surface area contributed by atoms with E-state index in [1.807, 2.05) is 6.07 Å². The highest BCUT2D eigenvalue weighted by atomic mass is 16.6. The van der Waals surface area contributed by atoms with Gasteiger partial charge in [0.25, 0.3) is 0 Å². The van der Waals surface area contributed by atoms with Crippen molar-refractivity contribution in [3.63, 3.8) is 0 Å². The van der Waals surface area contributed by atoms with Gasteiger partial charge in [-0.05, 0) is 29.0 Å². The molecule has 0 radical (unpaired) electrons. The molecule has 0 spiro atoms. The van der Waals surface area contributed by atoms with Crippen LogP contribution in [0, 0.1) is 0 Å². The molecule has 0 amide bonds. The zero-order valence-electron chi connectivity index (χ0n) is 11.2. The van der Waals surface area contributed by atoms with Gasteiger partial charge in [0.15, 0.2) is 0 Å². The average Bonchev–Trinajstić information content (AvgIpc) is 2.35. The lowest BCUT2D eigenvalue weighted by Gasteiger charge is -2.24. The molecule has 0 fully saturated rings. The van der Waals surface area contributed by atoms with E-state index in [0.717, 1.165) is 24.2 Å². The Morgan fingerprint density at radius 3 is 2.53 bits per heavy atom. The first kappa shape index (κ1) is 14.0. The quantitative estimate of drug-likeness (QED) is 0.774. The second-order valence-corrected chi connectivity index (χ2v) is 4.88. The fourth-order valence-corrected chi connectivity index (χ4v) is 1.77. The molecule has 3 nitrogen and oxygen atoms in total. The minimum absolute atomic E-state index is 0.185. The molecule has 0 heterocycles. The summed E-state index contributed by atoms with van der Waals surface area (Å²) < 4.78 is 5.35. The lowest BCUT2D eigenvalue weighted by molar-refractivity contribution is 0.140. The van der Waals surface area contributed by atoms with Crippen molar-refractivity contribution < 1.29 is 9.57 Å². The van der Waals surface area contributed by atoms with Crippen LogP contribution < -0.4 is 10.6 Å². The first-order valence-corrected chi connectivity index (χ1v) is 6.04. The van der Waals surface area contributed by atoms with Crippen molar-refractivity contribution in [2.45, 2.75) is 39.0 Å². The summed E-state index contributed by atoms with van der Waals surface area (Å²) in [7, 11) is 1.69. The van der Waals surface area contributed by atoms with Gasteiger partial charge in [0.2, 0.25) is 0 Å². The van der Waals surface area contributed by atoms with Gasteiger partial charge in [-0.2, -0.15) is 0 Å². The van der Waals surface area contributed by atoms with E-state index in [4.69, 9.17) is 10.6 Å². The molecule has 1 aromatic rings. The summed E-state index contributed by atoms with van der Waals surface area (Å²) in [6.45, 7) is 7.20. The third-order valence-electron chi connectivity index (χ3n) is 3.44. The number of rotatable bonds is 6. The van der Waals surface area contributed by atoms with Crippen LogP contribution in [0.25, 0.3) is 0 Å². The van der Waals surface area contributed by atoms with E-state index in [1.54, 1.807) is 7.11 Å². The molecule has 0 bridgehead atoms. The number of nitrogens with two attached hydrogens (primary N) is 1. The van der Waals surface area contributed by atoms with E-state index in [9.17, 15) is 0 Å². The van der Waals surface area contributed by atoms with Crippen molar-refractivity contribution in [3.8, 4) is 5.75 Å². The third kappa shape index (κ3) is 3.45. The fourth-order valence-electron chi connectivity index (χ4n) is 1.77. The van der Waals surface area contributed by atoms with Crippen LogP contribution in [-0.2, 0) is 16.7 Å². The Bertz CT molecular complexity index is 361. The first-order chi connectivity index (χ1) is 8.05. The molecule has 17 heavy (non-hydrogen) atoms. The van der Waals surface area contributed by atoms with Gasteiger partial charge >= 0.3 is 0 Å². The summed E-state index contributed by atoms with van der Waals surface area (Å²) in [5, 5.41) is 0. The molecule has 0 aromatic heterocycles. The molecular formula is C14H23NO2. The zero-order chi connectivity index (χ0) is 12.9. The Morgan fingerprint density at radius 1 is 1.29 bits per heavy atom. The van der Waals surface area contributed by atoms with Gasteiger partial charge in [-0.15, -0.1) is 0 Å². The Morgan fingerprint density at radius 2 is 2.00 bits per heavy atom. The van der Waals surface area contributed by atoms with Crippen molar-refractivity contribution in [2.75, 3.05) is 13.7 Å². The van der Waals surface area contributed by atoms with Crippen LogP contribution in [0.4, 0.5) is 0 Å². The Hall–Kier alpha value is -1.06. The van der Waals surface area contributed by atoms with Crippen LogP contribution in [0.2, 0.25) is 0 Å². The number of hydrogen-bond acceptors (Lipinski definition) is 3. The molecule has 0 saturated heterocycles. The highest BCUT2D eigenvalue weighted by Gasteiger charge is 2.19. The minimum Gasteiger partial charge on any atom is -0.496 e. The lowest BCUT2D eigenvalue weighted by atomic mass is 9.81. The maximum atomic E-state index is 5.35. The van der Waals surface area contributed by atoms with E-state index in [2.05, 4.69) is 37.7 Å². The van der Waals surface area contributed by atoms with Gasteiger partial charge in [0.1, 0.15) is 5.75 Å². The molecule has 2 N–H and O–H groups in total. The van der Waals surface area contributed by atoms with Crippen LogP contribution in [0.3, 0.4) is 0 Å². The Labute approximate surface area is 104 Å². The summed E-state index contributed by atoms with van der Waals surface area (Å²) in [4.78, 5) is 4.64. The highest BCUT2D eigenvalue weighted by Crippen LogP contribution is 2.30. The monoisotopic (exact) mass is 237 g/mol. The average molecular weight is 237 g/mol. The van der Waals surface area contributed by atoms with Crippen molar-refractivity contribution in [1.82, 2.24) is 0 Å². The minimum atomic E-state index is 0.185. The maximum Gasteiger partial charge on any atom is 0.122 e. The molecular weight excluding hydrogens is 214 g/mol. The predicted octanol–water partition coefficient (Wildman–Crippen LogP) is 2.82. The molecule has 0 aliphatic heterocycles. The topological polar surface area (TPSA) is 44.5 Å². The summed E-state index contributed by atoms with van der Waals surface area (Å²) >= 11 is 0. The first-order valence-electron chi connectivity index (χ1n) is 6.04. The normalized spacial score (nSPS) is 11.6. The van der Waals surface area contributed by atoms with Crippen molar-refractivity contribution in [1.29, 1.82) is 0 Å². The second-order valence-electron chi connectivity index (χ2n) is 4.88. The van der Waals surface area contributed by atoms with E-state index in [1.165, 1.54) is 5.56 Å². The number of ether oxygens (including phenoxy) is 1. The Kier molecular flexibility index (Phi) is 4.97. The van der Waals surface area contributed by atoms with E-state index in [0.29, 0.717) is 6.61 Å². The molecule has 0 saturated carbocycles. The SMILES string of the molecule is CCC(C)(C)c1ccc(OC)c(CCON)c1. The molecule has 0 aliphatic carbocycles. The number of benzene rings is 1. The highest BCUT2D eigenvalue weighted by molar-refractivity contribution is 5.40. The summed E-state index contributed by atoms with van der Waals surface area (Å²) in [6, 6.07) is 6.36. The standard InChI is InChI=1S/C14H23NO2/c1-5-14(2,3)12-6-7-13(16-4)11(10-12)8-9-17-15/h6-7,10H,5,8-9,15H2,1-4H3. The molecule has 96 valence electrons. The van der Waals surface area contributed by atoms with Gasteiger partial charge < -0.3 is 9.57 Å². The molecule has 1 rings (SSSR count). The van der Waals surface area contributed by atoms with Gasteiger partial charge in [0.05, 0.1) is 13.7 Å². The van der Waals surface area contributed by atoms with Crippen molar-refractivity contribution >= 4 is 0 Å². The molecule has 0 atom stereocenters. The van der Waals surface area contributed by atoms with Gasteiger partial charge in [0, 0.05) is 6.42 Å². The van der Waals surface area contributed by atoms with Crippen LogP contribution in [-0.4, -0.2) is 13.7 Å². The molecule has 1 aromatic carbocycles. The summed E-state index contributed by atoms with van der Waals surface area (Å²) in [6.07, 6.45) is 1.87. The molecule has 3 heteroatoms. The largest absolute Gasteiger partial charge is 0.496 e. The Balaban J connectivity index is 3.04. The van der Waals surface area contributed by atoms with Crippen molar-refractivity contribution in [2.24, 2.45) is 5.90 Å². The van der Waals surface area contributed by atoms with E-state index >= 15 is 0 Å². The predicted molar refractivity (Wildman–Crippen MR) is 70.2 cm³/mol. The second kappa shape index (κ2) is 6.03. The number of hydrogen-bond donors (Lipinski definition) is 1. The number of methoxy groups -OCH3 is 1. The van der Waals surface area contributed by atoms with Crippen LogP contribution in [0.15, 0.2) is 18.2 Å². The van der Waals surface area contributed by atoms with Crippen molar-refractivity contribution in [3.05, 3.63) is 29.3 Å². The van der Waals surface area contributed by atoms with Crippen LogP contribution in [0.5, 0.6) is 5.75 Å². The fraction of sp³-hybridized carbons (Fsp3) is 0.571. The van der Waals surface area contributed by atoms with E-state index < -0.39 is 0 Å². The maximum absolute atomic E-state index is 5.35. The van der Waals surface area contributed by atoms with Crippen LogP contribution >= 0.6 is 0 Å². The molecule has 0 aliphatic rings. The molecule has 0 unspecified atom stereocenters. The summed E-state index contributed by atoms with van der Waals surface area (Å²) in [5.74, 6) is 5.98. The zero-order valence-corrected chi connectivity index (χ0v) is 11.2. The van der Waals surface area contributed by atoms with Crippen LogP contribution in [0.1, 0.15) is 38.3 Å². The lowest BCUT2D eigenvalue weighted by Crippen LogP contribution is -2.16.